The van der Waals surface area contributed by atoms with E-state index in [4.69, 9.17) is 15.2 Å². The van der Waals surface area contributed by atoms with E-state index >= 15 is 0 Å². The van der Waals surface area contributed by atoms with Crippen LogP contribution >= 0.6 is 0 Å². The predicted octanol–water partition coefficient (Wildman–Crippen LogP) is 1.24. The third-order valence-electron chi connectivity index (χ3n) is 2.68. The van der Waals surface area contributed by atoms with Gasteiger partial charge < -0.3 is 25.6 Å². The number of phenolic OH excluding ortho intramolecular Hbond substituents is 1. The van der Waals surface area contributed by atoms with Gasteiger partial charge in [0.1, 0.15) is 0 Å². The second-order valence-electron chi connectivity index (χ2n) is 4.02. The predicted molar refractivity (Wildman–Crippen MR) is 71.2 cm³/mol. The number of unbranched alkanes of at least 4 members (excludes halogenated alkanes) is 1. The van der Waals surface area contributed by atoms with Crippen LogP contribution in [0.2, 0.25) is 0 Å². The second-order valence-corrected chi connectivity index (χ2v) is 4.02. The average Bonchev–Trinajstić information content (AvgIpc) is 2.40. The maximum atomic E-state index is 9.77. The number of aromatic hydroxyl groups is 1. The summed E-state index contributed by atoms with van der Waals surface area (Å²) in [5.41, 5.74) is 6.43. The maximum Gasteiger partial charge on any atom is 0.200 e. The van der Waals surface area contributed by atoms with E-state index in [2.05, 4.69) is 5.32 Å². The first-order valence-corrected chi connectivity index (χ1v) is 6.07. The van der Waals surface area contributed by atoms with Crippen LogP contribution < -0.4 is 20.5 Å². The Kier molecular flexibility index (Phi) is 6.32. The molecule has 0 unspecified atom stereocenters. The van der Waals surface area contributed by atoms with Gasteiger partial charge in [0.15, 0.2) is 11.5 Å². The van der Waals surface area contributed by atoms with Gasteiger partial charge in [0, 0.05) is 6.54 Å². The van der Waals surface area contributed by atoms with Crippen molar-refractivity contribution < 1.29 is 14.6 Å². The van der Waals surface area contributed by atoms with Gasteiger partial charge in [0.25, 0.3) is 0 Å². The molecule has 5 nitrogen and oxygen atoms in total. The van der Waals surface area contributed by atoms with Gasteiger partial charge >= 0.3 is 0 Å². The molecule has 0 aliphatic carbocycles. The first-order valence-electron chi connectivity index (χ1n) is 6.07. The van der Waals surface area contributed by atoms with Gasteiger partial charge in [-0.1, -0.05) is 0 Å². The summed E-state index contributed by atoms with van der Waals surface area (Å²) in [6.45, 7) is 2.35. The first kappa shape index (κ1) is 14.6. The molecule has 5 heteroatoms. The highest BCUT2D eigenvalue weighted by Crippen LogP contribution is 2.36. The Morgan fingerprint density at radius 1 is 1.17 bits per heavy atom. The van der Waals surface area contributed by atoms with Crippen molar-refractivity contribution in [3.8, 4) is 17.2 Å². The maximum absolute atomic E-state index is 9.77. The first-order chi connectivity index (χ1) is 8.72. The minimum absolute atomic E-state index is 0.0341. The molecule has 1 aromatic carbocycles. The fourth-order valence-corrected chi connectivity index (χ4v) is 1.68. The average molecular weight is 254 g/mol. The molecule has 0 amide bonds. The summed E-state index contributed by atoms with van der Waals surface area (Å²) in [4.78, 5) is 0. The number of hydrogen-bond donors (Lipinski definition) is 3. The zero-order chi connectivity index (χ0) is 13.4. The zero-order valence-electron chi connectivity index (χ0n) is 11.0. The summed E-state index contributed by atoms with van der Waals surface area (Å²) in [5, 5.41) is 13.1. The van der Waals surface area contributed by atoms with E-state index in [1.807, 2.05) is 0 Å². The summed E-state index contributed by atoms with van der Waals surface area (Å²) < 4.78 is 10.2. The van der Waals surface area contributed by atoms with Crippen molar-refractivity contribution in [3.05, 3.63) is 17.7 Å². The number of rotatable bonds is 8. The smallest absolute Gasteiger partial charge is 0.200 e. The van der Waals surface area contributed by atoms with Gasteiger partial charge in [-0.3, -0.25) is 0 Å². The van der Waals surface area contributed by atoms with Crippen molar-refractivity contribution in [2.75, 3.05) is 27.3 Å². The Morgan fingerprint density at radius 2 is 1.78 bits per heavy atom. The molecule has 0 aromatic heterocycles. The van der Waals surface area contributed by atoms with Crippen molar-refractivity contribution in [1.82, 2.24) is 5.32 Å². The van der Waals surface area contributed by atoms with Gasteiger partial charge in [-0.15, -0.1) is 0 Å². The molecule has 0 spiro atoms. The van der Waals surface area contributed by atoms with Crippen molar-refractivity contribution in [3.63, 3.8) is 0 Å². The van der Waals surface area contributed by atoms with Crippen LogP contribution in [0.15, 0.2) is 12.1 Å². The number of hydrogen-bond acceptors (Lipinski definition) is 5. The van der Waals surface area contributed by atoms with E-state index in [1.165, 1.54) is 14.2 Å². The van der Waals surface area contributed by atoms with E-state index in [1.54, 1.807) is 12.1 Å². The summed E-state index contributed by atoms with van der Waals surface area (Å²) in [5.74, 6) is 0.882. The molecule has 0 aliphatic heterocycles. The molecule has 0 saturated heterocycles. The summed E-state index contributed by atoms with van der Waals surface area (Å²) in [7, 11) is 3.04. The minimum atomic E-state index is 0.0341. The monoisotopic (exact) mass is 254 g/mol. The van der Waals surface area contributed by atoms with Gasteiger partial charge in [-0.25, -0.2) is 0 Å². The van der Waals surface area contributed by atoms with Crippen LogP contribution in [-0.2, 0) is 6.54 Å². The van der Waals surface area contributed by atoms with Crippen molar-refractivity contribution in [2.45, 2.75) is 19.4 Å². The topological polar surface area (TPSA) is 76.7 Å². The van der Waals surface area contributed by atoms with Crippen LogP contribution in [0.5, 0.6) is 17.2 Å². The quantitative estimate of drug-likeness (QED) is 0.608. The number of ether oxygens (including phenoxy) is 2. The lowest BCUT2D eigenvalue weighted by Crippen LogP contribution is -2.16. The highest BCUT2D eigenvalue weighted by Gasteiger charge is 2.10. The zero-order valence-corrected chi connectivity index (χ0v) is 11.0. The molecule has 1 rings (SSSR count). The highest BCUT2D eigenvalue weighted by atomic mass is 16.5. The molecule has 0 bridgehead atoms. The van der Waals surface area contributed by atoms with Crippen molar-refractivity contribution in [2.24, 2.45) is 5.73 Å². The third kappa shape index (κ3) is 4.09. The number of phenols is 1. The summed E-state index contributed by atoms with van der Waals surface area (Å²) in [6, 6.07) is 3.60. The van der Waals surface area contributed by atoms with E-state index in [9.17, 15) is 5.11 Å². The molecule has 18 heavy (non-hydrogen) atoms. The largest absolute Gasteiger partial charge is 0.502 e. The molecule has 0 radical (unpaired) electrons. The minimum Gasteiger partial charge on any atom is -0.502 e. The lowest BCUT2D eigenvalue weighted by Gasteiger charge is -2.11. The van der Waals surface area contributed by atoms with Crippen LogP contribution in [0.25, 0.3) is 0 Å². The van der Waals surface area contributed by atoms with Crippen LogP contribution in [0.3, 0.4) is 0 Å². The number of benzene rings is 1. The van der Waals surface area contributed by atoms with Gasteiger partial charge in [-0.05, 0) is 43.6 Å². The molecule has 4 N–H and O–H groups in total. The Labute approximate surface area is 108 Å². The Morgan fingerprint density at radius 3 is 2.28 bits per heavy atom. The van der Waals surface area contributed by atoms with E-state index in [0.717, 1.165) is 31.5 Å². The molecular formula is C13H22N2O3. The van der Waals surface area contributed by atoms with Gasteiger partial charge in [0.2, 0.25) is 5.75 Å². The molecule has 0 saturated carbocycles. The Hall–Kier alpha value is -1.46. The SMILES string of the molecule is COc1cc(CNCCCCN)cc(OC)c1O. The summed E-state index contributed by atoms with van der Waals surface area (Å²) in [6.07, 6.45) is 2.08. The van der Waals surface area contributed by atoms with Crippen LogP contribution in [-0.4, -0.2) is 32.4 Å². The Balaban J connectivity index is 2.60. The fraction of sp³-hybridized carbons (Fsp3) is 0.538. The van der Waals surface area contributed by atoms with Crippen LogP contribution in [0.1, 0.15) is 18.4 Å². The van der Waals surface area contributed by atoms with E-state index < -0.39 is 0 Å². The van der Waals surface area contributed by atoms with Crippen LogP contribution in [0, 0.1) is 0 Å². The normalized spacial score (nSPS) is 10.4. The molecule has 0 atom stereocenters. The van der Waals surface area contributed by atoms with E-state index in [0.29, 0.717) is 18.0 Å². The lowest BCUT2D eigenvalue weighted by atomic mass is 10.1. The van der Waals surface area contributed by atoms with Crippen LogP contribution in [0.4, 0.5) is 0 Å². The highest BCUT2D eigenvalue weighted by molar-refractivity contribution is 5.52. The molecular weight excluding hydrogens is 232 g/mol. The standard InChI is InChI=1S/C13H22N2O3/c1-17-11-7-10(8-12(18-2)13(11)16)9-15-6-4-3-5-14/h7-8,15-16H,3-6,9,14H2,1-2H3. The van der Waals surface area contributed by atoms with E-state index in [-0.39, 0.29) is 5.75 Å². The molecule has 0 aliphatic rings. The molecule has 0 fully saturated rings. The second kappa shape index (κ2) is 7.79. The summed E-state index contributed by atoms with van der Waals surface area (Å²) >= 11 is 0. The number of methoxy groups -OCH3 is 2. The Bertz CT molecular complexity index is 344. The lowest BCUT2D eigenvalue weighted by molar-refractivity contribution is 0.339. The number of nitrogens with two attached hydrogens (primary N) is 1. The van der Waals surface area contributed by atoms with Gasteiger partial charge in [0.05, 0.1) is 14.2 Å². The van der Waals surface area contributed by atoms with Crippen molar-refractivity contribution >= 4 is 0 Å². The van der Waals surface area contributed by atoms with Crippen molar-refractivity contribution in [1.29, 1.82) is 0 Å². The third-order valence-corrected chi connectivity index (χ3v) is 2.68. The fourth-order valence-electron chi connectivity index (χ4n) is 1.68. The van der Waals surface area contributed by atoms with Gasteiger partial charge in [-0.2, -0.15) is 0 Å². The molecule has 0 heterocycles. The molecule has 1 aromatic rings. The number of nitrogens with one attached hydrogen (secondary N) is 1. The molecule has 102 valence electrons.